The third-order valence-corrected chi connectivity index (χ3v) is 2.06. The summed E-state index contributed by atoms with van der Waals surface area (Å²) in [5.41, 5.74) is -0.614. The molecule has 0 aromatic rings. The second kappa shape index (κ2) is 5.68. The van der Waals surface area contributed by atoms with Gasteiger partial charge in [-0.1, -0.05) is 4.89 Å². The minimum atomic E-state index is -4.84. The van der Waals surface area contributed by atoms with E-state index >= 15 is 0 Å². The van der Waals surface area contributed by atoms with Gasteiger partial charge in [-0.15, -0.1) is 13.2 Å². The van der Waals surface area contributed by atoms with Gasteiger partial charge in [0.25, 0.3) is 0 Å². The van der Waals surface area contributed by atoms with Gasteiger partial charge in [-0.2, -0.15) is 0 Å². The van der Waals surface area contributed by atoms with E-state index in [0.29, 0.717) is 0 Å². The summed E-state index contributed by atoms with van der Waals surface area (Å²) in [4.78, 5) is 20.4. The van der Waals surface area contributed by atoms with Crippen molar-refractivity contribution in [2.75, 3.05) is 13.1 Å². The zero-order valence-corrected chi connectivity index (χ0v) is 10.9. The number of ether oxygens (including phenoxy) is 1. The first-order valence-corrected chi connectivity index (χ1v) is 5.66. The van der Waals surface area contributed by atoms with Crippen molar-refractivity contribution in [2.24, 2.45) is 0 Å². The van der Waals surface area contributed by atoms with Gasteiger partial charge in [-0.25, -0.2) is 4.79 Å². The van der Waals surface area contributed by atoms with Crippen LogP contribution < -0.4 is 0 Å². The molecular weight excluding hydrogens is 267 g/mol. The number of nitrogens with zero attached hydrogens (tertiary/aromatic N) is 1. The molecular formula is C11H16F3NO4. The Bertz CT molecular complexity index is 360. The molecule has 0 atom stereocenters. The van der Waals surface area contributed by atoms with Crippen LogP contribution in [0.5, 0.6) is 0 Å². The maximum atomic E-state index is 11.7. The van der Waals surface area contributed by atoms with Crippen LogP contribution >= 0.6 is 0 Å². The minimum Gasteiger partial charge on any atom is -0.444 e. The first kappa shape index (κ1) is 15.6. The van der Waals surface area contributed by atoms with Crippen LogP contribution in [-0.4, -0.2) is 36.0 Å². The Morgan fingerprint density at radius 1 is 1.32 bits per heavy atom. The largest absolute Gasteiger partial charge is 0.558 e. The predicted molar refractivity (Wildman–Crippen MR) is 58.7 cm³/mol. The standard InChI is InChI=1S/C11H16F3NO4/c1-10(2,3)17-9(16)15-6-4-8(5-7-15)18-19-11(12,13)14/h4H,5-7H2,1-3H3. The van der Waals surface area contributed by atoms with E-state index in [2.05, 4.69) is 9.78 Å². The van der Waals surface area contributed by atoms with Crippen LogP contribution in [0.2, 0.25) is 0 Å². The molecule has 1 rings (SSSR count). The van der Waals surface area contributed by atoms with E-state index in [-0.39, 0.29) is 25.3 Å². The van der Waals surface area contributed by atoms with Gasteiger partial charge in [-0.3, -0.25) is 0 Å². The summed E-state index contributed by atoms with van der Waals surface area (Å²) in [5, 5.41) is 0. The summed E-state index contributed by atoms with van der Waals surface area (Å²) in [6.45, 7) is 5.52. The Labute approximate surface area is 108 Å². The zero-order chi connectivity index (χ0) is 14.7. The van der Waals surface area contributed by atoms with Crippen LogP contribution in [0.3, 0.4) is 0 Å². The van der Waals surface area contributed by atoms with Crippen molar-refractivity contribution in [1.82, 2.24) is 4.90 Å². The smallest absolute Gasteiger partial charge is 0.444 e. The Balaban J connectivity index is 2.43. The van der Waals surface area contributed by atoms with Crippen molar-refractivity contribution in [2.45, 2.75) is 39.2 Å². The van der Waals surface area contributed by atoms with Gasteiger partial charge in [0.1, 0.15) is 11.4 Å². The lowest BCUT2D eigenvalue weighted by atomic mass is 10.2. The molecule has 8 heteroatoms. The maximum Gasteiger partial charge on any atom is 0.558 e. The average molecular weight is 283 g/mol. The van der Waals surface area contributed by atoms with Crippen molar-refractivity contribution < 1.29 is 32.5 Å². The maximum absolute atomic E-state index is 11.7. The fourth-order valence-corrected chi connectivity index (χ4v) is 1.32. The molecule has 0 radical (unpaired) electrons. The second-order valence-corrected chi connectivity index (χ2v) is 4.96. The SMILES string of the molecule is CC(C)(C)OC(=O)N1CC=C(OOC(F)(F)F)CC1. The molecule has 19 heavy (non-hydrogen) atoms. The van der Waals surface area contributed by atoms with Crippen molar-refractivity contribution in [3.05, 3.63) is 11.8 Å². The average Bonchev–Trinajstić information content (AvgIpc) is 2.23. The fraction of sp³-hybridized carbons (Fsp3) is 0.727. The summed E-state index contributed by atoms with van der Waals surface area (Å²) >= 11 is 0. The van der Waals surface area contributed by atoms with Crippen molar-refractivity contribution in [3.63, 3.8) is 0 Å². The molecule has 0 spiro atoms. The number of hydrogen-bond acceptors (Lipinski definition) is 4. The number of hydrogen-bond donors (Lipinski definition) is 0. The van der Waals surface area contributed by atoms with Crippen molar-refractivity contribution >= 4 is 6.09 Å². The minimum absolute atomic E-state index is 0.0390. The molecule has 0 N–H and O–H groups in total. The summed E-state index contributed by atoms with van der Waals surface area (Å²) in [6.07, 6.45) is -3.88. The van der Waals surface area contributed by atoms with Gasteiger partial charge in [0.2, 0.25) is 0 Å². The predicted octanol–water partition coefficient (Wildman–Crippen LogP) is 2.98. The van der Waals surface area contributed by atoms with E-state index in [9.17, 15) is 18.0 Å². The van der Waals surface area contributed by atoms with Gasteiger partial charge < -0.3 is 14.5 Å². The van der Waals surface area contributed by atoms with Gasteiger partial charge >= 0.3 is 12.5 Å². The molecule has 0 saturated carbocycles. The van der Waals surface area contributed by atoms with E-state index in [1.54, 1.807) is 20.8 Å². The van der Waals surface area contributed by atoms with E-state index in [4.69, 9.17) is 4.74 Å². The number of carbonyl (C=O) groups is 1. The molecule has 0 aliphatic carbocycles. The molecule has 0 saturated heterocycles. The molecule has 5 nitrogen and oxygen atoms in total. The van der Waals surface area contributed by atoms with Gasteiger partial charge in [0.05, 0.1) is 0 Å². The number of amides is 1. The molecule has 0 fully saturated rings. The van der Waals surface area contributed by atoms with E-state index in [0.717, 1.165) is 0 Å². The first-order chi connectivity index (χ1) is 8.57. The molecule has 1 aliphatic rings. The molecule has 1 heterocycles. The summed E-state index contributed by atoms with van der Waals surface area (Å²) in [5.74, 6) is 0.0390. The lowest BCUT2D eigenvalue weighted by molar-refractivity contribution is -0.470. The Morgan fingerprint density at radius 2 is 1.95 bits per heavy atom. The lowest BCUT2D eigenvalue weighted by Crippen LogP contribution is -2.39. The third kappa shape index (κ3) is 6.32. The van der Waals surface area contributed by atoms with Crippen LogP contribution in [0, 0.1) is 0 Å². The molecule has 1 amide bonds. The van der Waals surface area contributed by atoms with Crippen LogP contribution in [0.4, 0.5) is 18.0 Å². The van der Waals surface area contributed by atoms with Crippen LogP contribution in [0.1, 0.15) is 27.2 Å². The van der Waals surface area contributed by atoms with Gasteiger partial charge in [-0.05, 0) is 26.8 Å². The zero-order valence-electron chi connectivity index (χ0n) is 10.9. The number of carbonyl (C=O) groups excluding carboxylic acids is 1. The fourth-order valence-electron chi connectivity index (χ4n) is 1.32. The Morgan fingerprint density at radius 3 is 2.37 bits per heavy atom. The van der Waals surface area contributed by atoms with Crippen LogP contribution in [-0.2, 0) is 14.5 Å². The number of alkyl halides is 3. The van der Waals surface area contributed by atoms with Crippen LogP contribution in [0.25, 0.3) is 0 Å². The first-order valence-electron chi connectivity index (χ1n) is 5.66. The monoisotopic (exact) mass is 283 g/mol. The molecule has 1 aliphatic heterocycles. The highest BCUT2D eigenvalue weighted by molar-refractivity contribution is 5.68. The Kier molecular flexibility index (Phi) is 4.67. The second-order valence-electron chi connectivity index (χ2n) is 4.96. The molecule has 0 bridgehead atoms. The van der Waals surface area contributed by atoms with Crippen LogP contribution in [0.15, 0.2) is 11.8 Å². The topological polar surface area (TPSA) is 48.0 Å². The summed E-state index contributed by atoms with van der Waals surface area (Å²) < 4.78 is 40.4. The summed E-state index contributed by atoms with van der Waals surface area (Å²) in [7, 11) is 0. The van der Waals surface area contributed by atoms with E-state index in [1.165, 1.54) is 11.0 Å². The number of halogens is 3. The number of rotatable bonds is 2. The quantitative estimate of drug-likeness (QED) is 0.577. The molecule has 0 aromatic carbocycles. The van der Waals surface area contributed by atoms with Gasteiger partial charge in [0.15, 0.2) is 0 Å². The lowest BCUT2D eigenvalue weighted by Gasteiger charge is -2.29. The normalized spacial score (nSPS) is 16.9. The summed E-state index contributed by atoms with van der Waals surface area (Å²) in [6, 6.07) is 0. The molecule has 0 unspecified atom stereocenters. The van der Waals surface area contributed by atoms with Gasteiger partial charge in [0, 0.05) is 19.5 Å². The highest BCUT2D eigenvalue weighted by Crippen LogP contribution is 2.21. The van der Waals surface area contributed by atoms with Crippen molar-refractivity contribution in [3.8, 4) is 0 Å². The van der Waals surface area contributed by atoms with E-state index in [1.807, 2.05) is 0 Å². The Hall–Kier alpha value is -1.44. The molecule has 0 aromatic heterocycles. The van der Waals surface area contributed by atoms with Crippen molar-refractivity contribution in [1.29, 1.82) is 0 Å². The highest BCUT2D eigenvalue weighted by Gasteiger charge is 2.33. The highest BCUT2D eigenvalue weighted by atomic mass is 19.4. The third-order valence-electron chi connectivity index (χ3n) is 2.06. The van der Waals surface area contributed by atoms with E-state index < -0.39 is 18.1 Å². The molecule has 110 valence electrons.